The van der Waals surface area contributed by atoms with E-state index in [1.807, 2.05) is 0 Å². The van der Waals surface area contributed by atoms with Crippen LogP contribution in [0.5, 0.6) is 0 Å². The molecule has 0 spiro atoms. The monoisotopic (exact) mass is 230 g/mol. The highest BCUT2D eigenvalue weighted by molar-refractivity contribution is 5.79. The van der Waals surface area contributed by atoms with Crippen LogP contribution in [0.2, 0.25) is 0 Å². The molecule has 16 heavy (non-hydrogen) atoms. The third-order valence-electron chi connectivity index (χ3n) is 3.02. The van der Waals surface area contributed by atoms with Crippen LogP contribution in [-0.2, 0) is 4.79 Å². The van der Waals surface area contributed by atoms with Crippen LogP contribution in [0.25, 0.3) is 0 Å². The van der Waals surface area contributed by atoms with Gasteiger partial charge in [0.25, 0.3) is 0 Å². The van der Waals surface area contributed by atoms with Gasteiger partial charge in [-0.1, -0.05) is 0 Å². The highest BCUT2D eigenvalue weighted by Crippen LogP contribution is 2.18. The molecule has 0 saturated carbocycles. The van der Waals surface area contributed by atoms with Gasteiger partial charge >= 0.3 is 0 Å². The molecule has 0 aromatic carbocycles. The van der Waals surface area contributed by atoms with Gasteiger partial charge in [-0.15, -0.1) is 0 Å². The number of rotatable bonds is 5. The third-order valence-corrected chi connectivity index (χ3v) is 3.02. The normalized spacial score (nSPS) is 25.4. The van der Waals surface area contributed by atoms with Crippen molar-refractivity contribution in [1.29, 1.82) is 0 Å². The van der Waals surface area contributed by atoms with Gasteiger partial charge in [0.15, 0.2) is 0 Å². The number of hydrogen-bond acceptors (Lipinski definition) is 4. The van der Waals surface area contributed by atoms with Gasteiger partial charge in [-0.25, -0.2) is 0 Å². The molecule has 1 aliphatic rings. The predicted octanol–water partition coefficient (Wildman–Crippen LogP) is -0.812. The van der Waals surface area contributed by atoms with Gasteiger partial charge in [-0.05, 0) is 26.3 Å². The minimum atomic E-state index is -0.0493. The largest absolute Gasteiger partial charge is 0.395 e. The molecular weight excluding hydrogens is 208 g/mol. The molecule has 5 heteroatoms. The van der Waals surface area contributed by atoms with Crippen molar-refractivity contribution in [1.82, 2.24) is 10.2 Å². The average Bonchev–Trinajstić information content (AvgIpc) is 2.28. The lowest BCUT2D eigenvalue weighted by Gasteiger charge is -2.31. The molecule has 0 bridgehead atoms. The molecule has 1 amide bonds. The first-order valence-corrected chi connectivity index (χ1v) is 5.93. The van der Waals surface area contributed by atoms with Gasteiger partial charge in [-0.2, -0.15) is 0 Å². The summed E-state index contributed by atoms with van der Waals surface area (Å²) in [5, 5.41) is 21.0. The maximum Gasteiger partial charge on any atom is 0.225 e. The quantitative estimate of drug-likeness (QED) is 0.577. The Bertz CT molecular complexity index is 211. The van der Waals surface area contributed by atoms with Crippen molar-refractivity contribution in [2.45, 2.75) is 25.8 Å². The zero-order valence-corrected chi connectivity index (χ0v) is 9.85. The second kappa shape index (κ2) is 6.83. The molecule has 1 saturated heterocycles. The van der Waals surface area contributed by atoms with Crippen molar-refractivity contribution in [3.8, 4) is 0 Å². The number of amides is 1. The maximum atomic E-state index is 12.1. The predicted molar refractivity (Wildman–Crippen MR) is 60.9 cm³/mol. The van der Waals surface area contributed by atoms with Gasteiger partial charge < -0.3 is 20.4 Å². The van der Waals surface area contributed by atoms with E-state index in [0.29, 0.717) is 19.1 Å². The molecule has 1 aliphatic heterocycles. The fourth-order valence-corrected chi connectivity index (χ4v) is 2.19. The van der Waals surface area contributed by atoms with E-state index >= 15 is 0 Å². The van der Waals surface area contributed by atoms with Crippen molar-refractivity contribution in [2.24, 2.45) is 5.92 Å². The van der Waals surface area contributed by atoms with Gasteiger partial charge in [-0.3, -0.25) is 4.79 Å². The first kappa shape index (κ1) is 13.4. The topological polar surface area (TPSA) is 72.8 Å². The summed E-state index contributed by atoms with van der Waals surface area (Å²) >= 11 is 0. The van der Waals surface area contributed by atoms with Gasteiger partial charge in [0.05, 0.1) is 13.2 Å². The van der Waals surface area contributed by atoms with E-state index in [1.54, 1.807) is 4.90 Å². The van der Waals surface area contributed by atoms with Crippen molar-refractivity contribution in [3.63, 3.8) is 0 Å². The van der Waals surface area contributed by atoms with E-state index in [4.69, 9.17) is 10.2 Å². The molecule has 94 valence electrons. The fourth-order valence-electron chi connectivity index (χ4n) is 2.19. The molecule has 0 aromatic heterocycles. The zero-order chi connectivity index (χ0) is 12.0. The molecule has 2 atom stereocenters. The van der Waals surface area contributed by atoms with Crippen LogP contribution in [0.4, 0.5) is 0 Å². The number of nitrogens with one attached hydrogen (secondary N) is 1. The van der Waals surface area contributed by atoms with Crippen molar-refractivity contribution < 1.29 is 15.0 Å². The van der Waals surface area contributed by atoms with Gasteiger partial charge in [0, 0.05) is 25.0 Å². The number of hydrogen-bond donors (Lipinski definition) is 3. The molecule has 0 radical (unpaired) electrons. The summed E-state index contributed by atoms with van der Waals surface area (Å²) in [4.78, 5) is 13.7. The van der Waals surface area contributed by atoms with E-state index < -0.39 is 0 Å². The van der Waals surface area contributed by atoms with Crippen LogP contribution < -0.4 is 5.32 Å². The summed E-state index contributed by atoms with van der Waals surface area (Å²) in [5.41, 5.74) is 0. The Kier molecular flexibility index (Phi) is 5.73. The third kappa shape index (κ3) is 3.73. The molecule has 0 aliphatic carbocycles. The molecule has 1 fully saturated rings. The molecule has 1 rings (SSSR count). The highest BCUT2D eigenvalue weighted by Gasteiger charge is 2.27. The molecule has 1 heterocycles. The van der Waals surface area contributed by atoms with Crippen LogP contribution in [-0.4, -0.2) is 59.9 Å². The van der Waals surface area contributed by atoms with Crippen molar-refractivity contribution in [2.75, 3.05) is 32.8 Å². The highest BCUT2D eigenvalue weighted by atomic mass is 16.3. The minimum absolute atomic E-state index is 0.0364. The fraction of sp³-hybridized carbons (Fsp3) is 0.909. The summed E-state index contributed by atoms with van der Waals surface area (Å²) in [6.45, 7) is 3.47. The van der Waals surface area contributed by atoms with Crippen LogP contribution in [0, 0.1) is 5.92 Å². The van der Waals surface area contributed by atoms with E-state index in [0.717, 1.165) is 19.4 Å². The van der Waals surface area contributed by atoms with Crippen LogP contribution in [0.3, 0.4) is 0 Å². The molecule has 3 N–H and O–H groups in total. The average molecular weight is 230 g/mol. The Morgan fingerprint density at radius 3 is 2.50 bits per heavy atom. The van der Waals surface area contributed by atoms with Gasteiger partial charge in [0.1, 0.15) is 0 Å². The molecular formula is C11H22N2O3. The summed E-state index contributed by atoms with van der Waals surface area (Å²) in [5.74, 6) is 0.103. The Morgan fingerprint density at radius 1 is 1.38 bits per heavy atom. The van der Waals surface area contributed by atoms with Crippen molar-refractivity contribution in [3.05, 3.63) is 0 Å². The zero-order valence-electron chi connectivity index (χ0n) is 9.85. The first-order valence-electron chi connectivity index (χ1n) is 5.93. The number of carbonyl (C=O) groups excluding carboxylic acids is 1. The molecule has 0 aromatic rings. The number of aliphatic hydroxyl groups is 2. The van der Waals surface area contributed by atoms with E-state index in [1.165, 1.54) is 0 Å². The van der Waals surface area contributed by atoms with Crippen molar-refractivity contribution >= 4 is 5.91 Å². The summed E-state index contributed by atoms with van der Waals surface area (Å²) in [7, 11) is 0. The minimum Gasteiger partial charge on any atom is -0.395 e. The smallest absolute Gasteiger partial charge is 0.225 e. The second-order valence-corrected chi connectivity index (χ2v) is 4.35. The molecule has 2 unspecified atom stereocenters. The number of aliphatic hydroxyl groups excluding tert-OH is 2. The van der Waals surface area contributed by atoms with Crippen LogP contribution in [0.15, 0.2) is 0 Å². The lowest BCUT2D eigenvalue weighted by Crippen LogP contribution is -2.45. The Morgan fingerprint density at radius 2 is 2.00 bits per heavy atom. The van der Waals surface area contributed by atoms with Crippen LogP contribution >= 0.6 is 0 Å². The lowest BCUT2D eigenvalue weighted by molar-refractivity contribution is -0.137. The molecule has 5 nitrogen and oxygen atoms in total. The van der Waals surface area contributed by atoms with E-state index in [-0.39, 0.29) is 25.0 Å². The van der Waals surface area contributed by atoms with Crippen LogP contribution in [0.1, 0.15) is 19.8 Å². The summed E-state index contributed by atoms with van der Waals surface area (Å²) < 4.78 is 0. The Balaban J connectivity index is 2.51. The number of carbonyl (C=O) groups is 1. The number of piperidine rings is 1. The van der Waals surface area contributed by atoms with E-state index in [9.17, 15) is 4.79 Å². The number of nitrogens with zero attached hydrogens (tertiary/aromatic N) is 1. The standard InChI is InChI=1S/C11H22N2O3/c1-9-8-10(2-3-12-9)11(16)13(4-6-14)5-7-15/h9-10,12,14-15H,2-8H2,1H3. The summed E-state index contributed by atoms with van der Waals surface area (Å²) in [6, 6.07) is 0.368. The van der Waals surface area contributed by atoms with E-state index in [2.05, 4.69) is 12.2 Å². The van der Waals surface area contributed by atoms with Gasteiger partial charge in [0.2, 0.25) is 5.91 Å². The SMILES string of the molecule is CC1CC(C(=O)N(CCO)CCO)CCN1. The lowest BCUT2D eigenvalue weighted by atomic mass is 9.92. The second-order valence-electron chi connectivity index (χ2n) is 4.35. The summed E-state index contributed by atoms with van der Waals surface area (Å²) in [6.07, 6.45) is 1.68. The maximum absolute atomic E-state index is 12.1. The Labute approximate surface area is 96.4 Å². The Hall–Kier alpha value is -0.650. The first-order chi connectivity index (χ1) is 7.69.